The Labute approximate surface area is 184 Å². The zero-order chi connectivity index (χ0) is 21.6. The van der Waals surface area contributed by atoms with Gasteiger partial charge in [0.05, 0.1) is 26.0 Å². The van der Waals surface area contributed by atoms with Gasteiger partial charge < -0.3 is 20.1 Å². The number of rotatable bonds is 7. The zero-order valence-electron chi connectivity index (χ0n) is 17.4. The number of pyridine rings is 1. The van der Waals surface area contributed by atoms with Crippen LogP contribution >= 0.6 is 11.3 Å². The molecule has 1 aliphatic rings. The molecular weight excluding hydrogens is 416 g/mol. The molecule has 0 bridgehead atoms. The van der Waals surface area contributed by atoms with Crippen molar-refractivity contribution in [3.8, 4) is 5.75 Å². The Balaban J connectivity index is 1.34. The van der Waals surface area contributed by atoms with Crippen LogP contribution in [0.25, 0.3) is 0 Å². The minimum absolute atomic E-state index is 0.0687. The number of nitrogens with zero attached hydrogens (tertiary/aromatic N) is 4. The SMILES string of the molecule is COc1ccc(NC(=O)CN2CCO[C@@H](c3cccc(Nc4nnc(C)s4)n3)C2)cc1. The van der Waals surface area contributed by atoms with Crippen LogP contribution in [0.3, 0.4) is 0 Å². The van der Waals surface area contributed by atoms with Crippen LogP contribution in [-0.2, 0) is 9.53 Å². The molecule has 0 unspecified atom stereocenters. The van der Waals surface area contributed by atoms with Crippen molar-refractivity contribution >= 4 is 33.9 Å². The van der Waals surface area contributed by atoms with E-state index < -0.39 is 0 Å². The van der Waals surface area contributed by atoms with Gasteiger partial charge in [0.15, 0.2) is 0 Å². The predicted octanol–water partition coefficient (Wildman–Crippen LogP) is 3.01. The number of carbonyl (C=O) groups excluding carboxylic acids is 1. The molecule has 31 heavy (non-hydrogen) atoms. The van der Waals surface area contributed by atoms with E-state index in [0.717, 1.165) is 22.1 Å². The molecular formula is C21H24N6O3S. The van der Waals surface area contributed by atoms with Crippen LogP contribution in [0, 0.1) is 6.92 Å². The fourth-order valence-corrected chi connectivity index (χ4v) is 3.86. The van der Waals surface area contributed by atoms with Gasteiger partial charge in [-0.05, 0) is 43.3 Å². The summed E-state index contributed by atoms with van der Waals surface area (Å²) >= 11 is 1.47. The standard InChI is InChI=1S/C21H24N6O3S/c1-14-25-26-21(31-14)24-19-5-3-4-17(23-19)18-12-27(10-11-30-18)13-20(28)22-15-6-8-16(29-2)9-7-15/h3-9,18H,10-13H2,1-2H3,(H,22,28)(H,23,24,26)/t18-/m1/s1. The number of hydrogen-bond donors (Lipinski definition) is 2. The van der Waals surface area contributed by atoms with Gasteiger partial charge in [-0.1, -0.05) is 17.4 Å². The number of hydrogen-bond acceptors (Lipinski definition) is 9. The maximum atomic E-state index is 12.5. The number of aryl methyl sites for hydroxylation is 1. The van der Waals surface area contributed by atoms with Gasteiger partial charge in [-0.3, -0.25) is 9.69 Å². The highest BCUT2D eigenvalue weighted by molar-refractivity contribution is 7.15. The maximum Gasteiger partial charge on any atom is 0.238 e. The highest BCUT2D eigenvalue weighted by atomic mass is 32.1. The molecule has 0 saturated carbocycles. The summed E-state index contributed by atoms with van der Waals surface area (Å²) in [7, 11) is 1.61. The Bertz CT molecular complexity index is 1030. The van der Waals surface area contributed by atoms with Crippen LogP contribution in [0.15, 0.2) is 42.5 Å². The molecule has 1 amide bonds. The molecule has 3 heterocycles. The third kappa shape index (κ3) is 5.75. The van der Waals surface area contributed by atoms with Crippen LogP contribution in [0.2, 0.25) is 0 Å². The molecule has 2 aromatic heterocycles. The number of methoxy groups -OCH3 is 1. The third-order valence-electron chi connectivity index (χ3n) is 4.75. The number of nitrogens with one attached hydrogen (secondary N) is 2. The highest BCUT2D eigenvalue weighted by Crippen LogP contribution is 2.24. The number of aromatic nitrogens is 3. The fourth-order valence-electron chi connectivity index (χ4n) is 3.26. The molecule has 3 aromatic rings. The summed E-state index contributed by atoms with van der Waals surface area (Å²) in [5, 5.41) is 15.8. The lowest BCUT2D eigenvalue weighted by molar-refractivity contribution is -0.119. The Hall–Kier alpha value is -3.08. The van der Waals surface area contributed by atoms with E-state index in [1.54, 1.807) is 7.11 Å². The first kappa shape index (κ1) is 21.2. The first-order valence-corrected chi connectivity index (χ1v) is 10.7. The summed E-state index contributed by atoms with van der Waals surface area (Å²) in [4.78, 5) is 19.2. The van der Waals surface area contributed by atoms with Gasteiger partial charge in [0, 0.05) is 18.8 Å². The van der Waals surface area contributed by atoms with Crippen molar-refractivity contribution in [3.05, 3.63) is 53.2 Å². The fraction of sp³-hybridized carbons (Fsp3) is 0.333. The Morgan fingerprint density at radius 1 is 1.26 bits per heavy atom. The Morgan fingerprint density at radius 2 is 2.10 bits per heavy atom. The summed E-state index contributed by atoms with van der Waals surface area (Å²) in [5.41, 5.74) is 1.55. The van der Waals surface area contributed by atoms with E-state index in [-0.39, 0.29) is 18.6 Å². The van der Waals surface area contributed by atoms with Crippen molar-refractivity contribution in [2.45, 2.75) is 13.0 Å². The molecule has 1 aromatic carbocycles. The second-order valence-electron chi connectivity index (χ2n) is 7.07. The number of ether oxygens (including phenoxy) is 2. The van der Waals surface area contributed by atoms with Crippen molar-refractivity contribution in [3.63, 3.8) is 0 Å². The lowest BCUT2D eigenvalue weighted by Gasteiger charge is -2.32. The van der Waals surface area contributed by atoms with Gasteiger partial charge in [0.1, 0.15) is 22.7 Å². The van der Waals surface area contributed by atoms with E-state index in [2.05, 4.69) is 30.7 Å². The average molecular weight is 441 g/mol. The number of amides is 1. The lowest BCUT2D eigenvalue weighted by atomic mass is 10.2. The van der Waals surface area contributed by atoms with Crippen molar-refractivity contribution < 1.29 is 14.3 Å². The summed E-state index contributed by atoms with van der Waals surface area (Å²) in [6.45, 7) is 4.00. The second kappa shape index (κ2) is 9.82. The van der Waals surface area contributed by atoms with Crippen LogP contribution in [-0.4, -0.2) is 59.3 Å². The van der Waals surface area contributed by atoms with Crippen LogP contribution in [0.1, 0.15) is 16.8 Å². The van der Waals surface area contributed by atoms with Crippen molar-refractivity contribution in [2.24, 2.45) is 0 Å². The molecule has 1 saturated heterocycles. The predicted molar refractivity (Wildman–Crippen MR) is 119 cm³/mol. The number of carbonyl (C=O) groups is 1. The second-order valence-corrected chi connectivity index (χ2v) is 8.25. The molecule has 0 aliphatic carbocycles. The molecule has 9 nitrogen and oxygen atoms in total. The van der Waals surface area contributed by atoms with E-state index in [9.17, 15) is 4.79 Å². The van der Waals surface area contributed by atoms with Gasteiger partial charge in [0.2, 0.25) is 11.0 Å². The molecule has 0 spiro atoms. The van der Waals surface area contributed by atoms with Gasteiger partial charge in [-0.15, -0.1) is 10.2 Å². The third-order valence-corrected chi connectivity index (χ3v) is 5.51. The summed E-state index contributed by atoms with van der Waals surface area (Å²) in [5.74, 6) is 1.37. The van der Waals surface area contributed by atoms with Crippen molar-refractivity contribution in [2.75, 3.05) is 44.0 Å². The van der Waals surface area contributed by atoms with Crippen LogP contribution < -0.4 is 15.4 Å². The molecule has 162 valence electrons. The quantitative estimate of drug-likeness (QED) is 0.578. The van der Waals surface area contributed by atoms with Crippen LogP contribution in [0.4, 0.5) is 16.6 Å². The zero-order valence-corrected chi connectivity index (χ0v) is 18.2. The summed E-state index contributed by atoms with van der Waals surface area (Å²) < 4.78 is 11.1. The maximum absolute atomic E-state index is 12.5. The van der Waals surface area contributed by atoms with Crippen LogP contribution in [0.5, 0.6) is 5.75 Å². The summed E-state index contributed by atoms with van der Waals surface area (Å²) in [6.07, 6.45) is -0.208. The van der Waals surface area contributed by atoms with Gasteiger partial charge in [0.25, 0.3) is 0 Å². The topological polar surface area (TPSA) is 102 Å². The van der Waals surface area contributed by atoms with Gasteiger partial charge in [-0.2, -0.15) is 0 Å². The molecule has 1 aliphatic heterocycles. The van der Waals surface area contributed by atoms with E-state index in [1.165, 1.54) is 11.3 Å². The van der Waals surface area contributed by atoms with E-state index in [1.807, 2.05) is 49.4 Å². The average Bonchev–Trinajstić information content (AvgIpc) is 3.19. The number of benzene rings is 1. The minimum atomic E-state index is -0.208. The monoisotopic (exact) mass is 440 g/mol. The van der Waals surface area contributed by atoms with Gasteiger partial charge >= 0.3 is 0 Å². The van der Waals surface area contributed by atoms with E-state index in [4.69, 9.17) is 9.47 Å². The molecule has 1 atom stereocenters. The molecule has 0 radical (unpaired) electrons. The Morgan fingerprint density at radius 3 is 2.84 bits per heavy atom. The molecule has 2 N–H and O–H groups in total. The van der Waals surface area contributed by atoms with E-state index in [0.29, 0.717) is 30.6 Å². The van der Waals surface area contributed by atoms with Crippen molar-refractivity contribution in [1.82, 2.24) is 20.1 Å². The first-order valence-electron chi connectivity index (χ1n) is 9.91. The largest absolute Gasteiger partial charge is 0.497 e. The smallest absolute Gasteiger partial charge is 0.238 e. The molecule has 4 rings (SSSR count). The summed E-state index contributed by atoms with van der Waals surface area (Å²) in [6, 6.07) is 13.0. The minimum Gasteiger partial charge on any atom is -0.497 e. The molecule has 1 fully saturated rings. The Kier molecular flexibility index (Phi) is 6.70. The first-order chi connectivity index (χ1) is 15.1. The highest BCUT2D eigenvalue weighted by Gasteiger charge is 2.24. The van der Waals surface area contributed by atoms with Gasteiger partial charge in [-0.25, -0.2) is 4.98 Å². The normalized spacial score (nSPS) is 16.6. The number of morpholine rings is 1. The van der Waals surface area contributed by atoms with E-state index >= 15 is 0 Å². The number of anilines is 3. The lowest BCUT2D eigenvalue weighted by Crippen LogP contribution is -2.42. The van der Waals surface area contributed by atoms with Crippen molar-refractivity contribution in [1.29, 1.82) is 0 Å². The molecule has 10 heteroatoms.